The molecule has 13 heavy (non-hydrogen) atoms. The van der Waals surface area contributed by atoms with Gasteiger partial charge in [-0.2, -0.15) is 0 Å². The van der Waals surface area contributed by atoms with Crippen LogP contribution < -0.4 is 0 Å². The maximum absolute atomic E-state index is 5.58. The molecule has 0 aliphatic carbocycles. The van der Waals surface area contributed by atoms with Gasteiger partial charge in [-0.05, 0) is 31.6 Å². The highest BCUT2D eigenvalue weighted by atomic mass is 32.1. The maximum atomic E-state index is 5.58. The minimum absolute atomic E-state index is 0.299. The van der Waals surface area contributed by atoms with Crippen molar-refractivity contribution >= 4 is 12.6 Å². The van der Waals surface area contributed by atoms with Gasteiger partial charge in [0.05, 0.1) is 0 Å². The molecule has 0 spiro atoms. The smallest absolute Gasteiger partial charge is 0.105 e. The molecule has 80 valence electrons. The number of thiol groups is 1. The van der Waals surface area contributed by atoms with Crippen molar-refractivity contribution in [3.8, 4) is 0 Å². The Bertz CT molecular complexity index is 145. The van der Waals surface area contributed by atoms with Crippen LogP contribution >= 0.6 is 12.6 Å². The van der Waals surface area contributed by atoms with E-state index < -0.39 is 0 Å². The van der Waals surface area contributed by atoms with Crippen LogP contribution in [0.15, 0.2) is 0 Å². The second kappa shape index (κ2) is 4.70. The summed E-state index contributed by atoms with van der Waals surface area (Å²) in [6.07, 6.45) is 1.09. The molecule has 0 saturated heterocycles. The van der Waals surface area contributed by atoms with E-state index >= 15 is 0 Å². The van der Waals surface area contributed by atoms with Gasteiger partial charge in [0.15, 0.2) is 0 Å². The fourth-order valence-electron chi connectivity index (χ4n) is 0.853. The summed E-state index contributed by atoms with van der Waals surface area (Å²) in [7, 11) is 0. The molecule has 0 amide bonds. The van der Waals surface area contributed by atoms with Crippen LogP contribution in [0.4, 0.5) is 0 Å². The molecule has 0 atom stereocenters. The van der Waals surface area contributed by atoms with E-state index in [1.54, 1.807) is 0 Å². The van der Waals surface area contributed by atoms with Crippen LogP contribution in [0.5, 0.6) is 0 Å². The van der Waals surface area contributed by atoms with Crippen LogP contribution in [0.2, 0.25) is 0 Å². The van der Waals surface area contributed by atoms with Crippen LogP contribution in [0.25, 0.3) is 0 Å². The normalized spacial score (nSPS) is 13.8. The molecule has 0 rings (SSSR count). The molecule has 0 heterocycles. The SMILES string of the molecule is CC(C)C(C)(C)CCOC(C)(C)S. The van der Waals surface area contributed by atoms with Gasteiger partial charge in [0, 0.05) is 6.61 Å². The molecular weight excluding hydrogens is 180 g/mol. The van der Waals surface area contributed by atoms with Gasteiger partial charge in [-0.1, -0.05) is 27.7 Å². The van der Waals surface area contributed by atoms with E-state index in [0.717, 1.165) is 13.0 Å². The number of hydrogen-bond donors (Lipinski definition) is 1. The molecule has 0 aromatic carbocycles. The van der Waals surface area contributed by atoms with E-state index in [-0.39, 0.29) is 4.93 Å². The van der Waals surface area contributed by atoms with Gasteiger partial charge in [0.2, 0.25) is 0 Å². The Balaban J connectivity index is 3.77. The molecule has 0 unspecified atom stereocenters. The van der Waals surface area contributed by atoms with Crippen molar-refractivity contribution in [2.75, 3.05) is 6.61 Å². The van der Waals surface area contributed by atoms with E-state index in [1.807, 2.05) is 13.8 Å². The Morgan fingerprint density at radius 2 is 1.62 bits per heavy atom. The number of ether oxygens (including phenoxy) is 1. The monoisotopic (exact) mass is 204 g/mol. The maximum Gasteiger partial charge on any atom is 0.105 e. The Hall–Kier alpha value is 0.310. The lowest BCUT2D eigenvalue weighted by Gasteiger charge is -2.30. The van der Waals surface area contributed by atoms with Gasteiger partial charge < -0.3 is 4.74 Å². The van der Waals surface area contributed by atoms with Crippen molar-refractivity contribution in [2.45, 2.75) is 52.9 Å². The second-order valence-corrected chi connectivity index (χ2v) is 6.27. The Morgan fingerprint density at radius 3 is 1.92 bits per heavy atom. The van der Waals surface area contributed by atoms with Crippen molar-refractivity contribution < 1.29 is 4.74 Å². The molecule has 0 saturated carbocycles. The zero-order valence-corrected chi connectivity index (χ0v) is 10.7. The van der Waals surface area contributed by atoms with Crippen molar-refractivity contribution in [2.24, 2.45) is 11.3 Å². The van der Waals surface area contributed by atoms with E-state index in [0.29, 0.717) is 11.3 Å². The summed E-state index contributed by atoms with van der Waals surface area (Å²) in [5, 5.41) is 0. The van der Waals surface area contributed by atoms with E-state index in [2.05, 4.69) is 40.3 Å². The molecule has 0 N–H and O–H groups in total. The Labute approximate surface area is 88.7 Å². The zero-order valence-electron chi connectivity index (χ0n) is 9.85. The minimum Gasteiger partial charge on any atom is -0.365 e. The molecule has 0 radical (unpaired) electrons. The molecule has 0 bridgehead atoms. The fraction of sp³-hybridized carbons (Fsp3) is 1.00. The third-order valence-electron chi connectivity index (χ3n) is 2.76. The first-order valence-electron chi connectivity index (χ1n) is 5.01. The number of hydrogen-bond acceptors (Lipinski definition) is 2. The topological polar surface area (TPSA) is 9.23 Å². The quantitative estimate of drug-likeness (QED) is 0.530. The van der Waals surface area contributed by atoms with Gasteiger partial charge in [0.25, 0.3) is 0 Å². The first-order valence-corrected chi connectivity index (χ1v) is 5.46. The minimum atomic E-state index is -0.299. The van der Waals surface area contributed by atoms with Gasteiger partial charge in [0.1, 0.15) is 4.93 Å². The molecule has 1 nitrogen and oxygen atoms in total. The van der Waals surface area contributed by atoms with E-state index in [1.165, 1.54) is 0 Å². The van der Waals surface area contributed by atoms with Gasteiger partial charge in [-0.3, -0.25) is 0 Å². The molecular formula is C11H24OS. The summed E-state index contributed by atoms with van der Waals surface area (Å²) in [4.78, 5) is -0.299. The van der Waals surface area contributed by atoms with E-state index in [4.69, 9.17) is 4.74 Å². The summed E-state index contributed by atoms with van der Waals surface area (Å²) < 4.78 is 5.58. The molecule has 0 aromatic heterocycles. The third-order valence-corrected chi connectivity index (χ3v) is 2.89. The fourth-order valence-corrected chi connectivity index (χ4v) is 0.944. The molecule has 0 aromatic rings. The van der Waals surface area contributed by atoms with Crippen LogP contribution in [0.1, 0.15) is 48.0 Å². The second-order valence-electron chi connectivity index (χ2n) is 5.19. The predicted molar refractivity (Wildman–Crippen MR) is 62.3 cm³/mol. The third kappa shape index (κ3) is 6.39. The molecule has 0 fully saturated rings. The van der Waals surface area contributed by atoms with Gasteiger partial charge in [-0.15, -0.1) is 12.6 Å². The van der Waals surface area contributed by atoms with E-state index in [9.17, 15) is 0 Å². The lowest BCUT2D eigenvalue weighted by molar-refractivity contribution is 0.0280. The highest BCUT2D eigenvalue weighted by Crippen LogP contribution is 2.30. The Kier molecular flexibility index (Phi) is 4.81. The van der Waals surface area contributed by atoms with Crippen LogP contribution in [-0.4, -0.2) is 11.5 Å². The summed E-state index contributed by atoms with van der Waals surface area (Å²) in [6.45, 7) is 13.8. The standard InChI is InChI=1S/C11H24OS/c1-9(2)10(3,4)7-8-12-11(5,6)13/h9,13H,7-8H2,1-6H3. The summed E-state index contributed by atoms with van der Waals surface area (Å²) in [6, 6.07) is 0. The highest BCUT2D eigenvalue weighted by molar-refractivity contribution is 7.81. The van der Waals surface area contributed by atoms with Crippen LogP contribution in [0.3, 0.4) is 0 Å². The first-order chi connectivity index (χ1) is 5.65. The largest absolute Gasteiger partial charge is 0.365 e. The van der Waals surface area contributed by atoms with Crippen molar-refractivity contribution in [1.82, 2.24) is 0 Å². The van der Waals surface area contributed by atoms with Crippen LogP contribution in [-0.2, 0) is 4.74 Å². The summed E-state index contributed by atoms with van der Waals surface area (Å²) in [5.41, 5.74) is 0.360. The average Bonchev–Trinajstić information content (AvgIpc) is 1.82. The van der Waals surface area contributed by atoms with Crippen molar-refractivity contribution in [3.05, 3.63) is 0 Å². The lowest BCUT2D eigenvalue weighted by atomic mass is 9.79. The summed E-state index contributed by atoms with van der Waals surface area (Å²) >= 11 is 4.31. The Morgan fingerprint density at radius 1 is 1.15 bits per heavy atom. The number of rotatable bonds is 5. The average molecular weight is 204 g/mol. The first kappa shape index (κ1) is 13.3. The highest BCUT2D eigenvalue weighted by Gasteiger charge is 2.23. The lowest BCUT2D eigenvalue weighted by Crippen LogP contribution is -2.24. The predicted octanol–water partition coefficient (Wildman–Crippen LogP) is 3.74. The van der Waals surface area contributed by atoms with Gasteiger partial charge >= 0.3 is 0 Å². The van der Waals surface area contributed by atoms with Crippen molar-refractivity contribution in [3.63, 3.8) is 0 Å². The molecule has 2 heteroatoms. The van der Waals surface area contributed by atoms with Gasteiger partial charge in [-0.25, -0.2) is 0 Å². The van der Waals surface area contributed by atoms with Crippen LogP contribution in [0, 0.1) is 11.3 Å². The summed E-state index contributed by atoms with van der Waals surface area (Å²) in [5.74, 6) is 0.694. The molecule has 0 aliphatic rings. The molecule has 0 aliphatic heterocycles. The van der Waals surface area contributed by atoms with Crippen molar-refractivity contribution in [1.29, 1.82) is 0 Å². The zero-order chi connectivity index (χ0) is 10.7.